The van der Waals surface area contributed by atoms with Crippen molar-refractivity contribution in [3.8, 4) is 22.6 Å². The third-order valence-electron chi connectivity index (χ3n) is 4.10. The fourth-order valence-corrected chi connectivity index (χ4v) is 4.27. The number of hydrogen-bond acceptors (Lipinski definition) is 8. The van der Waals surface area contributed by atoms with Gasteiger partial charge in [0, 0.05) is 21.7 Å². The molecule has 0 bridgehead atoms. The molecule has 1 amide bonds. The summed E-state index contributed by atoms with van der Waals surface area (Å²) in [6, 6.07) is 14.3. The molecule has 3 rings (SSSR count). The van der Waals surface area contributed by atoms with E-state index in [2.05, 4.69) is 16.4 Å². The lowest BCUT2D eigenvalue weighted by Gasteiger charge is -2.11. The number of hydrogen-bond donors (Lipinski definition) is 2. The molecule has 0 aliphatic rings. The van der Waals surface area contributed by atoms with Crippen molar-refractivity contribution in [3.05, 3.63) is 58.5 Å². The van der Waals surface area contributed by atoms with E-state index >= 15 is 0 Å². The minimum Gasteiger partial charge on any atom is -0.383 e. The van der Waals surface area contributed by atoms with E-state index < -0.39 is 0 Å². The fourth-order valence-electron chi connectivity index (χ4n) is 2.69. The number of rotatable bonds is 6. The van der Waals surface area contributed by atoms with Gasteiger partial charge in [-0.1, -0.05) is 17.8 Å². The van der Waals surface area contributed by atoms with E-state index in [1.54, 1.807) is 30.3 Å². The van der Waals surface area contributed by atoms with Gasteiger partial charge in [0.2, 0.25) is 5.91 Å². The van der Waals surface area contributed by atoms with Gasteiger partial charge < -0.3 is 11.1 Å². The Hall–Kier alpha value is -3.66. The van der Waals surface area contributed by atoms with Crippen LogP contribution in [-0.2, 0) is 4.79 Å². The van der Waals surface area contributed by atoms with E-state index in [1.165, 1.54) is 18.3 Å². The summed E-state index contributed by atoms with van der Waals surface area (Å²) >= 11 is 2.45. The van der Waals surface area contributed by atoms with E-state index in [4.69, 9.17) is 5.73 Å². The van der Waals surface area contributed by atoms with Crippen LogP contribution in [0.5, 0.6) is 0 Å². The van der Waals surface area contributed by atoms with Crippen molar-refractivity contribution in [1.82, 2.24) is 4.98 Å². The number of nitrogens with one attached hydrogen (secondary N) is 1. The van der Waals surface area contributed by atoms with Crippen LogP contribution < -0.4 is 11.1 Å². The van der Waals surface area contributed by atoms with Crippen molar-refractivity contribution >= 4 is 46.3 Å². The molecule has 0 unspecified atom stereocenters. The number of benzene rings is 1. The number of thioether (sulfide) groups is 1. The van der Waals surface area contributed by atoms with Gasteiger partial charge in [-0.05, 0) is 42.6 Å². The number of aromatic nitrogens is 1. The Balaban J connectivity index is 1.81. The van der Waals surface area contributed by atoms with E-state index in [0.717, 1.165) is 16.6 Å². The van der Waals surface area contributed by atoms with Crippen LogP contribution in [0.1, 0.15) is 28.4 Å². The lowest BCUT2D eigenvalue weighted by atomic mass is 10.0. The van der Waals surface area contributed by atoms with Crippen LogP contribution in [0.4, 0.5) is 11.5 Å². The zero-order valence-corrected chi connectivity index (χ0v) is 17.4. The molecule has 0 saturated carbocycles. The number of nitrogens with two attached hydrogens (primary N) is 1. The van der Waals surface area contributed by atoms with Gasteiger partial charge in [-0.25, -0.2) is 4.98 Å². The first-order valence-electron chi connectivity index (χ1n) is 8.65. The molecule has 3 aromatic rings. The maximum Gasteiger partial charge on any atom is 0.234 e. The normalized spacial score (nSPS) is 10.1. The van der Waals surface area contributed by atoms with Crippen LogP contribution >= 0.6 is 23.1 Å². The first-order valence-corrected chi connectivity index (χ1v) is 10.5. The second-order valence-corrected chi connectivity index (χ2v) is 8.01. The predicted molar refractivity (Wildman–Crippen MR) is 117 cm³/mol. The Kier molecular flexibility index (Phi) is 6.48. The predicted octanol–water partition coefficient (Wildman–Crippen LogP) is 4.07. The van der Waals surface area contributed by atoms with Crippen LogP contribution in [0.3, 0.4) is 0 Å². The highest BCUT2D eigenvalue weighted by Crippen LogP contribution is 2.37. The van der Waals surface area contributed by atoms with Crippen molar-refractivity contribution in [2.75, 3.05) is 16.8 Å². The number of nitriles is 2. The standard InChI is InChI=1S/C21H15N5O2S2/c1-12(27)13-4-6-14(7-5-13)25-18(28)11-30-21-16(10-23)19(17-3-2-8-29-17)15(9-22)20(24)26-21/h2-8H,11H2,1H3,(H2,24,26)(H,25,28). The average Bonchev–Trinajstić information content (AvgIpc) is 3.26. The molecule has 0 fully saturated rings. The third-order valence-corrected chi connectivity index (χ3v) is 5.96. The number of carbonyl (C=O) groups is 2. The van der Waals surface area contributed by atoms with Gasteiger partial charge in [-0.2, -0.15) is 10.5 Å². The summed E-state index contributed by atoms with van der Waals surface area (Å²) in [4.78, 5) is 28.6. The van der Waals surface area contributed by atoms with Crippen LogP contribution in [0.15, 0.2) is 46.8 Å². The minimum atomic E-state index is -0.304. The Labute approximate surface area is 181 Å². The highest BCUT2D eigenvalue weighted by atomic mass is 32.2. The molecule has 148 valence electrons. The quantitative estimate of drug-likeness (QED) is 0.442. The SMILES string of the molecule is CC(=O)c1ccc(NC(=O)CSc2nc(N)c(C#N)c(-c3cccs3)c2C#N)cc1. The van der Waals surface area contributed by atoms with Gasteiger partial charge in [0.1, 0.15) is 28.5 Å². The van der Waals surface area contributed by atoms with Gasteiger partial charge in [0.05, 0.1) is 11.3 Å². The topological polar surface area (TPSA) is 133 Å². The van der Waals surface area contributed by atoms with E-state index in [0.29, 0.717) is 21.8 Å². The number of nitrogen functional groups attached to an aromatic ring is 1. The maximum absolute atomic E-state index is 12.3. The molecule has 2 aromatic heterocycles. The highest BCUT2D eigenvalue weighted by Gasteiger charge is 2.21. The number of thiophene rings is 1. The molecule has 0 saturated heterocycles. The van der Waals surface area contributed by atoms with Crippen LogP contribution in [0.25, 0.3) is 10.4 Å². The van der Waals surface area contributed by atoms with Crippen molar-refractivity contribution in [2.24, 2.45) is 0 Å². The molecule has 0 aliphatic carbocycles. The molecule has 2 heterocycles. The average molecular weight is 434 g/mol. The zero-order valence-electron chi connectivity index (χ0n) is 15.8. The monoisotopic (exact) mass is 433 g/mol. The van der Waals surface area contributed by atoms with Gasteiger partial charge in [0.15, 0.2) is 5.78 Å². The van der Waals surface area contributed by atoms with Crippen molar-refractivity contribution in [2.45, 2.75) is 11.9 Å². The number of amides is 1. The lowest BCUT2D eigenvalue weighted by Crippen LogP contribution is -2.14. The second kappa shape index (κ2) is 9.23. The van der Waals surface area contributed by atoms with E-state index in [1.807, 2.05) is 17.5 Å². The molecular weight excluding hydrogens is 418 g/mol. The number of pyridine rings is 1. The molecule has 0 radical (unpaired) electrons. The lowest BCUT2D eigenvalue weighted by molar-refractivity contribution is -0.113. The largest absolute Gasteiger partial charge is 0.383 e. The molecule has 0 spiro atoms. The zero-order chi connectivity index (χ0) is 21.7. The summed E-state index contributed by atoms with van der Waals surface area (Å²) in [6.45, 7) is 1.47. The molecule has 7 nitrogen and oxygen atoms in total. The van der Waals surface area contributed by atoms with Crippen LogP contribution in [0.2, 0.25) is 0 Å². The van der Waals surface area contributed by atoms with E-state index in [-0.39, 0.29) is 34.4 Å². The Morgan fingerprint density at radius 3 is 2.43 bits per heavy atom. The number of ketones is 1. The Morgan fingerprint density at radius 2 is 1.87 bits per heavy atom. The summed E-state index contributed by atoms with van der Waals surface area (Å²) in [5, 5.41) is 24.0. The molecular formula is C21H15N5O2S2. The van der Waals surface area contributed by atoms with Crippen molar-refractivity contribution < 1.29 is 9.59 Å². The van der Waals surface area contributed by atoms with Crippen LogP contribution in [0, 0.1) is 22.7 Å². The summed E-state index contributed by atoms with van der Waals surface area (Å²) in [5.74, 6) is -0.353. The number of anilines is 2. The molecule has 9 heteroatoms. The highest BCUT2D eigenvalue weighted by molar-refractivity contribution is 8.00. The first kappa shape index (κ1) is 21.1. The van der Waals surface area contributed by atoms with Gasteiger partial charge in [-0.3, -0.25) is 9.59 Å². The van der Waals surface area contributed by atoms with Crippen LogP contribution in [-0.4, -0.2) is 22.4 Å². The minimum absolute atomic E-state index is 0.00857. The summed E-state index contributed by atoms with van der Waals surface area (Å²) in [5.41, 5.74) is 7.86. The number of nitrogens with zero attached hydrogens (tertiary/aromatic N) is 3. The van der Waals surface area contributed by atoms with Gasteiger partial charge in [0.25, 0.3) is 0 Å². The van der Waals surface area contributed by atoms with Gasteiger partial charge in [-0.15, -0.1) is 11.3 Å². The van der Waals surface area contributed by atoms with E-state index in [9.17, 15) is 20.1 Å². The number of Topliss-reactive ketones (excluding diaryl/α,β-unsaturated/α-hetero) is 1. The van der Waals surface area contributed by atoms with Crippen molar-refractivity contribution in [3.63, 3.8) is 0 Å². The second-order valence-electron chi connectivity index (χ2n) is 6.10. The first-order chi connectivity index (χ1) is 14.4. The molecule has 30 heavy (non-hydrogen) atoms. The molecule has 0 atom stereocenters. The molecule has 3 N–H and O–H groups in total. The maximum atomic E-state index is 12.3. The summed E-state index contributed by atoms with van der Waals surface area (Å²) in [6.07, 6.45) is 0. The smallest absolute Gasteiger partial charge is 0.234 e. The summed E-state index contributed by atoms with van der Waals surface area (Å²) < 4.78 is 0. The Morgan fingerprint density at radius 1 is 1.17 bits per heavy atom. The molecule has 1 aromatic carbocycles. The fraction of sp³-hybridized carbons (Fsp3) is 0.0952. The molecule has 0 aliphatic heterocycles. The van der Waals surface area contributed by atoms with Gasteiger partial charge >= 0.3 is 0 Å². The Bertz CT molecular complexity index is 1190. The third kappa shape index (κ3) is 4.49. The van der Waals surface area contributed by atoms with Crippen molar-refractivity contribution in [1.29, 1.82) is 10.5 Å². The number of carbonyl (C=O) groups excluding carboxylic acids is 2. The summed E-state index contributed by atoms with van der Waals surface area (Å²) in [7, 11) is 0.